The van der Waals surface area contributed by atoms with E-state index in [9.17, 15) is 53.1 Å². The second kappa shape index (κ2) is 3.47. The minimum absolute atomic E-state index is 4.14. The number of hydrogen-bond acceptors (Lipinski definition) is 1. The SMILES string of the molecule is O=C(O)C1(F)C(F)(F)C(F)(F)C(F)(F)C(F)(F)C1(F)F. The first-order chi connectivity index (χ1) is 8.44. The molecule has 1 fully saturated rings. The van der Waals surface area contributed by atoms with E-state index in [0.717, 1.165) is 0 Å². The van der Waals surface area contributed by atoms with E-state index >= 15 is 0 Å². The van der Waals surface area contributed by atoms with E-state index in [-0.39, 0.29) is 0 Å². The monoisotopic (exact) mass is 326 g/mol. The van der Waals surface area contributed by atoms with Crippen LogP contribution in [0.15, 0.2) is 0 Å². The summed E-state index contributed by atoms with van der Waals surface area (Å²) in [5.74, 6) is -40.9. The lowest BCUT2D eigenvalue weighted by atomic mass is 9.72. The Morgan fingerprint density at radius 2 is 0.750 bits per heavy atom. The first kappa shape index (κ1) is 16.8. The van der Waals surface area contributed by atoms with Gasteiger partial charge in [0.2, 0.25) is 0 Å². The van der Waals surface area contributed by atoms with Crippen molar-refractivity contribution < 1.29 is 58.2 Å². The summed E-state index contributed by atoms with van der Waals surface area (Å²) < 4.78 is 140. The van der Waals surface area contributed by atoms with Gasteiger partial charge in [-0.1, -0.05) is 0 Å². The molecule has 0 aromatic heterocycles. The van der Waals surface area contributed by atoms with Gasteiger partial charge in [0.15, 0.2) is 0 Å². The van der Waals surface area contributed by atoms with Crippen LogP contribution in [-0.4, -0.2) is 46.4 Å². The fraction of sp³-hybridized carbons (Fsp3) is 0.857. The number of halogens is 11. The summed E-state index contributed by atoms with van der Waals surface area (Å²) in [5, 5.41) is 7.86. The Kier molecular flexibility index (Phi) is 2.91. The molecule has 118 valence electrons. The van der Waals surface area contributed by atoms with Gasteiger partial charge in [-0.15, -0.1) is 0 Å². The number of aliphatic carboxylic acids is 1. The molecular formula is C7HF11O2. The smallest absolute Gasteiger partial charge is 0.384 e. The van der Waals surface area contributed by atoms with Crippen molar-refractivity contribution in [1.82, 2.24) is 0 Å². The molecule has 20 heavy (non-hydrogen) atoms. The predicted octanol–water partition coefficient (Wildman–Crippen LogP) is 2.97. The van der Waals surface area contributed by atoms with E-state index in [1.807, 2.05) is 0 Å². The molecule has 0 saturated heterocycles. The van der Waals surface area contributed by atoms with Gasteiger partial charge < -0.3 is 5.11 Å². The van der Waals surface area contributed by atoms with Crippen molar-refractivity contribution in [3.05, 3.63) is 0 Å². The zero-order valence-electron chi connectivity index (χ0n) is 8.51. The van der Waals surface area contributed by atoms with Crippen molar-refractivity contribution >= 4 is 5.97 Å². The van der Waals surface area contributed by atoms with Crippen molar-refractivity contribution in [1.29, 1.82) is 0 Å². The third-order valence-electron chi connectivity index (χ3n) is 2.74. The molecule has 0 spiro atoms. The first-order valence-electron chi connectivity index (χ1n) is 4.26. The second-order valence-corrected chi connectivity index (χ2v) is 3.84. The molecule has 0 aromatic rings. The highest BCUT2D eigenvalue weighted by Gasteiger charge is 3.03. The van der Waals surface area contributed by atoms with Crippen molar-refractivity contribution in [2.45, 2.75) is 35.3 Å². The highest BCUT2D eigenvalue weighted by molar-refractivity contribution is 5.82. The molecule has 0 bridgehead atoms. The van der Waals surface area contributed by atoms with Gasteiger partial charge in [0.05, 0.1) is 0 Å². The summed E-state index contributed by atoms with van der Waals surface area (Å²) in [5.41, 5.74) is -6.94. The highest BCUT2D eigenvalue weighted by atomic mass is 19.4. The second-order valence-electron chi connectivity index (χ2n) is 3.84. The maximum Gasteiger partial charge on any atom is 0.384 e. The van der Waals surface area contributed by atoms with E-state index in [1.165, 1.54) is 0 Å². The zero-order valence-corrected chi connectivity index (χ0v) is 8.51. The van der Waals surface area contributed by atoms with Gasteiger partial charge in [-0.2, -0.15) is 43.9 Å². The summed E-state index contributed by atoms with van der Waals surface area (Å²) >= 11 is 0. The van der Waals surface area contributed by atoms with Crippen LogP contribution < -0.4 is 0 Å². The van der Waals surface area contributed by atoms with Gasteiger partial charge >= 0.3 is 41.3 Å². The Hall–Kier alpha value is -1.30. The Morgan fingerprint density at radius 3 is 0.950 bits per heavy atom. The minimum atomic E-state index is -7.39. The van der Waals surface area contributed by atoms with Gasteiger partial charge in [-0.05, 0) is 0 Å². The Balaban J connectivity index is 3.88. The summed E-state index contributed by atoms with van der Waals surface area (Å²) in [7, 11) is 0. The molecule has 13 heteroatoms. The molecule has 1 saturated carbocycles. The largest absolute Gasteiger partial charge is 0.479 e. The van der Waals surface area contributed by atoms with Crippen LogP contribution in [0.3, 0.4) is 0 Å². The molecule has 1 aliphatic carbocycles. The van der Waals surface area contributed by atoms with Crippen LogP contribution in [0.5, 0.6) is 0 Å². The van der Waals surface area contributed by atoms with Crippen LogP contribution in [0.2, 0.25) is 0 Å². The number of hydrogen-bond donors (Lipinski definition) is 1. The normalized spacial score (nSPS) is 31.6. The molecule has 0 radical (unpaired) electrons. The molecule has 0 unspecified atom stereocenters. The standard InChI is InChI=1S/C7HF11O2/c8-2(1(19)20)3(9,10)5(13,14)7(17,18)6(15,16)4(2,11)12/h(H,19,20). The lowest BCUT2D eigenvalue weighted by molar-refractivity contribution is -0.477. The average molecular weight is 326 g/mol. The Bertz CT molecular complexity index is 424. The molecule has 0 aliphatic heterocycles. The third kappa shape index (κ3) is 1.19. The Labute approximate surface area is 101 Å². The van der Waals surface area contributed by atoms with Gasteiger partial charge in [-0.25, -0.2) is 9.18 Å². The maximum atomic E-state index is 13.2. The molecule has 0 aromatic carbocycles. The highest BCUT2D eigenvalue weighted by Crippen LogP contribution is 2.69. The molecule has 0 heterocycles. The fourth-order valence-electron chi connectivity index (χ4n) is 1.49. The summed E-state index contributed by atoms with van der Waals surface area (Å²) in [4.78, 5) is 10.0. The lowest BCUT2D eigenvalue weighted by Crippen LogP contribution is -2.85. The van der Waals surface area contributed by atoms with Gasteiger partial charge in [0, 0.05) is 0 Å². The predicted molar refractivity (Wildman–Crippen MR) is 36.2 cm³/mol. The van der Waals surface area contributed by atoms with Crippen LogP contribution in [0.1, 0.15) is 0 Å². The molecule has 0 amide bonds. The Morgan fingerprint density at radius 1 is 0.550 bits per heavy atom. The average Bonchev–Trinajstić information content (AvgIpc) is 2.24. The molecule has 2 nitrogen and oxygen atoms in total. The van der Waals surface area contributed by atoms with Crippen LogP contribution in [0, 0.1) is 0 Å². The fourth-order valence-corrected chi connectivity index (χ4v) is 1.49. The van der Waals surface area contributed by atoms with E-state index in [4.69, 9.17) is 5.11 Å². The van der Waals surface area contributed by atoms with Crippen LogP contribution in [0.25, 0.3) is 0 Å². The molecule has 1 rings (SSSR count). The van der Waals surface area contributed by atoms with E-state index in [0.29, 0.717) is 0 Å². The van der Waals surface area contributed by atoms with E-state index in [1.54, 1.807) is 0 Å². The quantitative estimate of drug-likeness (QED) is 0.752. The minimum Gasteiger partial charge on any atom is -0.479 e. The number of rotatable bonds is 1. The van der Waals surface area contributed by atoms with Crippen LogP contribution in [0.4, 0.5) is 48.3 Å². The number of carbonyl (C=O) groups is 1. The zero-order chi connectivity index (χ0) is 16.6. The molecule has 0 atom stereocenters. The summed E-state index contributed by atoms with van der Waals surface area (Å²) in [6.07, 6.45) is 0. The third-order valence-corrected chi connectivity index (χ3v) is 2.74. The van der Waals surface area contributed by atoms with E-state index < -0.39 is 41.3 Å². The van der Waals surface area contributed by atoms with Crippen LogP contribution >= 0.6 is 0 Å². The van der Waals surface area contributed by atoms with Crippen molar-refractivity contribution in [2.75, 3.05) is 0 Å². The number of carboxylic acids is 1. The number of carboxylic acid groups (broad SMARTS) is 1. The number of alkyl halides is 11. The first-order valence-corrected chi connectivity index (χ1v) is 4.26. The molecule has 1 N–H and O–H groups in total. The van der Waals surface area contributed by atoms with Crippen molar-refractivity contribution in [2.24, 2.45) is 0 Å². The topological polar surface area (TPSA) is 37.3 Å². The van der Waals surface area contributed by atoms with Crippen molar-refractivity contribution in [3.8, 4) is 0 Å². The van der Waals surface area contributed by atoms with E-state index in [2.05, 4.69) is 0 Å². The van der Waals surface area contributed by atoms with Gasteiger partial charge in [-0.3, -0.25) is 0 Å². The lowest BCUT2D eigenvalue weighted by Gasteiger charge is -2.50. The van der Waals surface area contributed by atoms with Gasteiger partial charge in [0.25, 0.3) is 0 Å². The molecular weight excluding hydrogens is 325 g/mol. The molecule has 1 aliphatic rings. The van der Waals surface area contributed by atoms with Gasteiger partial charge in [0.1, 0.15) is 0 Å². The van der Waals surface area contributed by atoms with Crippen LogP contribution in [-0.2, 0) is 4.79 Å². The maximum absolute atomic E-state index is 13.2. The summed E-state index contributed by atoms with van der Waals surface area (Å²) in [6, 6.07) is 0. The summed E-state index contributed by atoms with van der Waals surface area (Å²) in [6.45, 7) is 0. The van der Waals surface area contributed by atoms with Crippen molar-refractivity contribution in [3.63, 3.8) is 0 Å².